The van der Waals surface area contributed by atoms with Gasteiger partial charge in [0.05, 0.1) is 25.3 Å². The maximum atomic E-state index is 13.1. The maximum absolute atomic E-state index is 13.1. The van der Waals surface area contributed by atoms with Crippen LogP contribution in [0.15, 0.2) is 42.5 Å². The fourth-order valence-corrected chi connectivity index (χ4v) is 3.69. The Morgan fingerprint density at radius 2 is 1.64 bits per heavy atom. The van der Waals surface area contributed by atoms with Gasteiger partial charge in [-0.2, -0.15) is 13.2 Å². The Kier molecular flexibility index (Phi) is 7.67. The molecule has 7 nitrogen and oxygen atoms in total. The summed E-state index contributed by atoms with van der Waals surface area (Å²) in [7, 11) is 3.00. The molecule has 3 rings (SSSR count). The lowest BCUT2D eigenvalue weighted by molar-refractivity contribution is -0.138. The van der Waals surface area contributed by atoms with Gasteiger partial charge >= 0.3 is 12.2 Å². The van der Waals surface area contributed by atoms with Crippen LogP contribution in [0.1, 0.15) is 21.5 Å². The molecule has 1 aliphatic rings. The van der Waals surface area contributed by atoms with Crippen molar-refractivity contribution in [3.63, 3.8) is 0 Å². The molecule has 0 bridgehead atoms. The number of hydrogen-bond donors (Lipinski definition) is 1. The molecule has 0 radical (unpaired) electrons. The topological polar surface area (TPSA) is 71.1 Å². The molecule has 178 valence electrons. The lowest BCUT2D eigenvalue weighted by Gasteiger charge is -2.35. The van der Waals surface area contributed by atoms with Gasteiger partial charge in [0.1, 0.15) is 11.5 Å². The van der Waals surface area contributed by atoms with Crippen LogP contribution >= 0.6 is 0 Å². The molecule has 33 heavy (non-hydrogen) atoms. The number of amides is 3. The van der Waals surface area contributed by atoms with Crippen molar-refractivity contribution in [2.45, 2.75) is 12.6 Å². The van der Waals surface area contributed by atoms with E-state index in [4.69, 9.17) is 9.47 Å². The van der Waals surface area contributed by atoms with Crippen molar-refractivity contribution < 1.29 is 32.2 Å². The molecule has 0 atom stereocenters. The van der Waals surface area contributed by atoms with Gasteiger partial charge in [-0.3, -0.25) is 4.79 Å². The van der Waals surface area contributed by atoms with E-state index < -0.39 is 11.7 Å². The third-order valence-electron chi connectivity index (χ3n) is 5.49. The number of rotatable bonds is 6. The van der Waals surface area contributed by atoms with Crippen molar-refractivity contribution in [2.75, 3.05) is 46.9 Å². The first-order valence-corrected chi connectivity index (χ1v) is 10.4. The van der Waals surface area contributed by atoms with E-state index >= 15 is 0 Å². The first-order valence-electron chi connectivity index (χ1n) is 10.4. The van der Waals surface area contributed by atoms with E-state index in [-0.39, 0.29) is 30.5 Å². The molecule has 0 spiro atoms. The van der Waals surface area contributed by atoms with Crippen molar-refractivity contribution in [1.82, 2.24) is 15.1 Å². The van der Waals surface area contributed by atoms with Gasteiger partial charge < -0.3 is 24.6 Å². The molecular formula is C23H26F3N3O4. The summed E-state index contributed by atoms with van der Waals surface area (Å²) >= 11 is 0. The standard InChI is InChI=1S/C23H26F3N3O4/c1-32-17-7-8-18(20(15-17)33-2)21(30)28-11-13-29(14-12-28)22(31)27-10-9-16-5-3-4-6-19(16)23(24,25)26/h3-8,15H,9-14H2,1-2H3,(H,27,31). The van der Waals surface area contributed by atoms with Gasteiger partial charge in [-0.05, 0) is 30.2 Å². The van der Waals surface area contributed by atoms with E-state index in [9.17, 15) is 22.8 Å². The average molecular weight is 465 g/mol. The fraction of sp³-hybridized carbons (Fsp3) is 0.391. The maximum Gasteiger partial charge on any atom is 0.416 e. The highest BCUT2D eigenvalue weighted by atomic mass is 19.4. The molecule has 10 heteroatoms. The van der Waals surface area contributed by atoms with Crippen LogP contribution in [0.3, 0.4) is 0 Å². The van der Waals surface area contributed by atoms with Crippen LogP contribution in [0.4, 0.5) is 18.0 Å². The van der Waals surface area contributed by atoms with Gasteiger partial charge in [0.2, 0.25) is 0 Å². The number of hydrogen-bond acceptors (Lipinski definition) is 4. The van der Waals surface area contributed by atoms with Gasteiger partial charge in [0.25, 0.3) is 5.91 Å². The van der Waals surface area contributed by atoms with Crippen LogP contribution in [-0.2, 0) is 12.6 Å². The highest BCUT2D eigenvalue weighted by Crippen LogP contribution is 2.32. The number of urea groups is 1. The summed E-state index contributed by atoms with van der Waals surface area (Å²) in [6.45, 7) is 1.37. The molecule has 3 amide bonds. The molecule has 1 N–H and O–H groups in total. The zero-order valence-electron chi connectivity index (χ0n) is 18.4. The van der Waals surface area contributed by atoms with E-state index in [0.29, 0.717) is 43.2 Å². The van der Waals surface area contributed by atoms with Crippen LogP contribution in [0.2, 0.25) is 0 Å². The van der Waals surface area contributed by atoms with E-state index in [1.807, 2.05) is 0 Å². The predicted molar refractivity (Wildman–Crippen MR) is 116 cm³/mol. The molecule has 0 unspecified atom stereocenters. The molecule has 0 saturated carbocycles. The van der Waals surface area contributed by atoms with Gasteiger partial charge in [-0.1, -0.05) is 18.2 Å². The van der Waals surface area contributed by atoms with Crippen molar-refractivity contribution in [1.29, 1.82) is 0 Å². The Morgan fingerprint density at radius 3 is 2.27 bits per heavy atom. The minimum atomic E-state index is -4.43. The number of carbonyl (C=O) groups excluding carboxylic acids is 2. The SMILES string of the molecule is COc1ccc(C(=O)N2CCN(C(=O)NCCc3ccccc3C(F)(F)F)CC2)c(OC)c1. The summed E-state index contributed by atoms with van der Waals surface area (Å²) in [6.07, 6.45) is -4.37. The lowest BCUT2D eigenvalue weighted by atomic mass is 10.0. The van der Waals surface area contributed by atoms with E-state index in [2.05, 4.69) is 5.32 Å². The third kappa shape index (κ3) is 5.88. The summed E-state index contributed by atoms with van der Waals surface area (Å²) in [5, 5.41) is 2.67. The first kappa shape index (κ1) is 24.2. The van der Waals surface area contributed by atoms with E-state index in [1.165, 1.54) is 26.4 Å². The Hall–Kier alpha value is -3.43. The number of ether oxygens (including phenoxy) is 2. The zero-order chi connectivity index (χ0) is 24.0. The number of piperazine rings is 1. The van der Waals surface area contributed by atoms with E-state index in [1.54, 1.807) is 34.1 Å². The Labute approximate surface area is 190 Å². The number of carbonyl (C=O) groups is 2. The fourth-order valence-electron chi connectivity index (χ4n) is 3.69. The van der Waals surface area contributed by atoms with Crippen LogP contribution in [0.5, 0.6) is 11.5 Å². The molecule has 2 aromatic carbocycles. The Morgan fingerprint density at radius 1 is 0.970 bits per heavy atom. The second kappa shape index (κ2) is 10.5. The molecule has 1 saturated heterocycles. The second-order valence-corrected chi connectivity index (χ2v) is 7.48. The summed E-state index contributed by atoms with van der Waals surface area (Å²) in [4.78, 5) is 28.5. The molecular weight excluding hydrogens is 439 g/mol. The average Bonchev–Trinajstić information content (AvgIpc) is 2.82. The monoisotopic (exact) mass is 465 g/mol. The summed E-state index contributed by atoms with van der Waals surface area (Å²) < 4.78 is 49.7. The quantitative estimate of drug-likeness (QED) is 0.710. The summed E-state index contributed by atoms with van der Waals surface area (Å²) in [6, 6.07) is 9.90. The van der Waals surface area contributed by atoms with Crippen LogP contribution in [-0.4, -0.2) is 68.7 Å². The number of nitrogens with zero attached hydrogens (tertiary/aromatic N) is 2. The summed E-state index contributed by atoms with van der Waals surface area (Å²) in [5.74, 6) is 0.764. The molecule has 1 aliphatic heterocycles. The van der Waals surface area contributed by atoms with Gasteiger partial charge in [0.15, 0.2) is 0 Å². The molecule has 2 aromatic rings. The van der Waals surface area contributed by atoms with E-state index in [0.717, 1.165) is 6.07 Å². The highest BCUT2D eigenvalue weighted by Gasteiger charge is 2.32. The van der Waals surface area contributed by atoms with Crippen molar-refractivity contribution >= 4 is 11.9 Å². The smallest absolute Gasteiger partial charge is 0.416 e. The van der Waals surface area contributed by atoms with Crippen molar-refractivity contribution in [3.8, 4) is 11.5 Å². The van der Waals surface area contributed by atoms with Crippen molar-refractivity contribution in [2.24, 2.45) is 0 Å². The van der Waals surface area contributed by atoms with Crippen molar-refractivity contribution in [3.05, 3.63) is 59.2 Å². The molecule has 0 aromatic heterocycles. The summed E-state index contributed by atoms with van der Waals surface area (Å²) in [5.41, 5.74) is -0.158. The number of nitrogens with one attached hydrogen (secondary N) is 1. The number of alkyl halides is 3. The van der Waals surface area contributed by atoms with Crippen LogP contribution in [0.25, 0.3) is 0 Å². The molecule has 1 fully saturated rings. The van der Waals surface area contributed by atoms with Crippen LogP contribution < -0.4 is 14.8 Å². The minimum absolute atomic E-state index is 0.0666. The zero-order valence-corrected chi connectivity index (χ0v) is 18.4. The highest BCUT2D eigenvalue weighted by molar-refractivity contribution is 5.97. The first-order chi connectivity index (χ1) is 15.7. The Balaban J connectivity index is 1.51. The van der Waals surface area contributed by atoms with Crippen LogP contribution in [0, 0.1) is 0 Å². The largest absolute Gasteiger partial charge is 0.497 e. The third-order valence-corrected chi connectivity index (χ3v) is 5.49. The number of benzene rings is 2. The van der Waals surface area contributed by atoms with Gasteiger partial charge in [-0.25, -0.2) is 4.79 Å². The van der Waals surface area contributed by atoms with Gasteiger partial charge in [0, 0.05) is 38.8 Å². The number of halogens is 3. The normalized spacial score (nSPS) is 14.1. The number of methoxy groups -OCH3 is 2. The lowest BCUT2D eigenvalue weighted by Crippen LogP contribution is -2.53. The molecule has 1 heterocycles. The minimum Gasteiger partial charge on any atom is -0.497 e. The predicted octanol–water partition coefficient (Wildman–Crippen LogP) is 3.43. The Bertz CT molecular complexity index is 989. The second-order valence-electron chi connectivity index (χ2n) is 7.48. The van der Waals surface area contributed by atoms with Gasteiger partial charge in [-0.15, -0.1) is 0 Å². The molecule has 0 aliphatic carbocycles.